The monoisotopic (exact) mass is 272 g/mol. The van der Waals surface area contributed by atoms with Crippen LogP contribution in [-0.2, 0) is 15.1 Å². The third-order valence-corrected chi connectivity index (χ3v) is 4.10. The molecule has 2 aromatic carbocycles. The van der Waals surface area contributed by atoms with Crippen LogP contribution in [-0.4, -0.2) is 5.97 Å². The third-order valence-electron chi connectivity index (χ3n) is 4.10. The standard InChI is InChI=1S/C17H17FO2/c1-12(19)20-17(10-2-3-11-17)14-8-4-6-13-7-5-9-15(18)16(13)14/h4-9H,2-3,10-11H2,1H3. The quantitative estimate of drug-likeness (QED) is 0.761. The first-order valence-corrected chi connectivity index (χ1v) is 7.00. The first-order chi connectivity index (χ1) is 9.62. The Bertz CT molecular complexity index is 652. The summed E-state index contributed by atoms with van der Waals surface area (Å²) in [6.07, 6.45) is 3.52. The second kappa shape index (κ2) is 4.89. The molecule has 0 aliphatic heterocycles. The number of hydrogen-bond donors (Lipinski definition) is 0. The maximum Gasteiger partial charge on any atom is 0.303 e. The molecule has 104 valence electrons. The van der Waals surface area contributed by atoms with Crippen LogP contribution in [0.3, 0.4) is 0 Å². The number of esters is 1. The van der Waals surface area contributed by atoms with Gasteiger partial charge in [-0.3, -0.25) is 4.79 Å². The average molecular weight is 272 g/mol. The van der Waals surface area contributed by atoms with Crippen molar-refractivity contribution in [2.75, 3.05) is 0 Å². The van der Waals surface area contributed by atoms with Gasteiger partial charge in [0, 0.05) is 17.9 Å². The fourth-order valence-electron chi connectivity index (χ4n) is 3.32. The molecule has 0 spiro atoms. The van der Waals surface area contributed by atoms with Gasteiger partial charge >= 0.3 is 5.97 Å². The Morgan fingerprint density at radius 2 is 1.80 bits per heavy atom. The summed E-state index contributed by atoms with van der Waals surface area (Å²) in [7, 11) is 0. The first kappa shape index (κ1) is 13.1. The molecule has 1 aliphatic rings. The summed E-state index contributed by atoms with van der Waals surface area (Å²) in [6, 6.07) is 10.7. The van der Waals surface area contributed by atoms with Gasteiger partial charge in [-0.25, -0.2) is 4.39 Å². The summed E-state index contributed by atoms with van der Waals surface area (Å²) in [6.45, 7) is 1.42. The lowest BCUT2D eigenvalue weighted by molar-refractivity contribution is -0.157. The van der Waals surface area contributed by atoms with Gasteiger partial charge in [0.2, 0.25) is 0 Å². The number of rotatable bonds is 2. The highest BCUT2D eigenvalue weighted by Crippen LogP contribution is 2.45. The number of ether oxygens (including phenoxy) is 1. The number of fused-ring (bicyclic) bond motifs is 1. The van der Waals surface area contributed by atoms with Crippen molar-refractivity contribution >= 4 is 16.7 Å². The van der Waals surface area contributed by atoms with Crippen LogP contribution >= 0.6 is 0 Å². The summed E-state index contributed by atoms with van der Waals surface area (Å²) in [5, 5.41) is 1.43. The van der Waals surface area contributed by atoms with Crippen molar-refractivity contribution in [1.29, 1.82) is 0 Å². The summed E-state index contributed by atoms with van der Waals surface area (Å²) in [5.41, 5.74) is 0.147. The minimum Gasteiger partial charge on any atom is -0.454 e. The van der Waals surface area contributed by atoms with E-state index in [9.17, 15) is 9.18 Å². The summed E-state index contributed by atoms with van der Waals surface area (Å²) in [5.74, 6) is -0.559. The molecule has 2 nitrogen and oxygen atoms in total. The molecule has 0 atom stereocenters. The Labute approximate surface area is 117 Å². The number of hydrogen-bond acceptors (Lipinski definition) is 2. The second-order valence-electron chi connectivity index (χ2n) is 5.44. The van der Waals surface area contributed by atoms with Crippen LogP contribution in [0, 0.1) is 5.82 Å². The van der Waals surface area contributed by atoms with Crippen molar-refractivity contribution in [2.24, 2.45) is 0 Å². The number of carbonyl (C=O) groups excluding carboxylic acids is 1. The number of carbonyl (C=O) groups is 1. The SMILES string of the molecule is CC(=O)OC1(c2cccc3cccc(F)c23)CCCC1. The van der Waals surface area contributed by atoms with E-state index in [0.717, 1.165) is 36.6 Å². The Morgan fingerprint density at radius 1 is 1.15 bits per heavy atom. The van der Waals surface area contributed by atoms with Gasteiger partial charge in [0.15, 0.2) is 0 Å². The molecule has 0 amide bonds. The maximum atomic E-state index is 14.3. The smallest absolute Gasteiger partial charge is 0.303 e. The van der Waals surface area contributed by atoms with Gasteiger partial charge in [-0.05, 0) is 37.1 Å². The molecule has 3 rings (SSSR count). The lowest BCUT2D eigenvalue weighted by Gasteiger charge is -2.30. The topological polar surface area (TPSA) is 26.3 Å². The third kappa shape index (κ3) is 2.07. The zero-order valence-electron chi connectivity index (χ0n) is 11.5. The average Bonchev–Trinajstić information content (AvgIpc) is 2.87. The van der Waals surface area contributed by atoms with Crippen molar-refractivity contribution in [3.8, 4) is 0 Å². The van der Waals surface area contributed by atoms with Crippen LogP contribution in [0.5, 0.6) is 0 Å². The van der Waals surface area contributed by atoms with Gasteiger partial charge in [-0.2, -0.15) is 0 Å². The highest BCUT2D eigenvalue weighted by atomic mass is 19.1. The molecule has 20 heavy (non-hydrogen) atoms. The summed E-state index contributed by atoms with van der Waals surface area (Å²) in [4.78, 5) is 11.5. The van der Waals surface area contributed by atoms with Crippen LogP contribution in [0.15, 0.2) is 36.4 Å². The number of benzene rings is 2. The van der Waals surface area contributed by atoms with Gasteiger partial charge in [-0.15, -0.1) is 0 Å². The molecular formula is C17H17FO2. The summed E-state index contributed by atoms with van der Waals surface area (Å²) >= 11 is 0. The Balaban J connectivity index is 2.24. The molecule has 0 heterocycles. The predicted octanol–water partition coefficient (Wildman–Crippen LogP) is 4.31. The van der Waals surface area contributed by atoms with E-state index in [1.165, 1.54) is 13.0 Å². The molecule has 0 N–H and O–H groups in total. The van der Waals surface area contributed by atoms with Crippen LogP contribution in [0.1, 0.15) is 38.2 Å². The summed E-state index contributed by atoms with van der Waals surface area (Å²) < 4.78 is 19.9. The van der Waals surface area contributed by atoms with Crippen LogP contribution < -0.4 is 0 Å². The van der Waals surface area contributed by atoms with E-state index in [-0.39, 0.29) is 11.8 Å². The van der Waals surface area contributed by atoms with Gasteiger partial charge in [0.1, 0.15) is 11.4 Å². The zero-order valence-corrected chi connectivity index (χ0v) is 11.5. The fourth-order valence-corrected chi connectivity index (χ4v) is 3.32. The molecule has 3 heteroatoms. The largest absolute Gasteiger partial charge is 0.454 e. The van der Waals surface area contributed by atoms with E-state index < -0.39 is 5.60 Å². The van der Waals surface area contributed by atoms with E-state index in [1.54, 1.807) is 6.07 Å². The van der Waals surface area contributed by atoms with Crippen LogP contribution in [0.4, 0.5) is 4.39 Å². The highest BCUT2D eigenvalue weighted by molar-refractivity contribution is 5.87. The molecule has 0 unspecified atom stereocenters. The van der Waals surface area contributed by atoms with Crippen LogP contribution in [0.2, 0.25) is 0 Å². The van der Waals surface area contributed by atoms with Gasteiger partial charge in [0.25, 0.3) is 0 Å². The normalized spacial score (nSPS) is 17.3. The van der Waals surface area contributed by atoms with Gasteiger partial charge in [0.05, 0.1) is 0 Å². The van der Waals surface area contributed by atoms with E-state index in [0.29, 0.717) is 5.39 Å². The molecule has 1 aliphatic carbocycles. The van der Waals surface area contributed by atoms with Crippen molar-refractivity contribution < 1.29 is 13.9 Å². The highest BCUT2D eigenvalue weighted by Gasteiger charge is 2.40. The Hall–Kier alpha value is -1.90. The van der Waals surface area contributed by atoms with E-state index in [2.05, 4.69) is 0 Å². The van der Waals surface area contributed by atoms with Crippen molar-refractivity contribution in [2.45, 2.75) is 38.2 Å². The molecule has 1 saturated carbocycles. The van der Waals surface area contributed by atoms with Crippen molar-refractivity contribution in [1.82, 2.24) is 0 Å². The lowest BCUT2D eigenvalue weighted by atomic mass is 9.87. The minimum absolute atomic E-state index is 0.253. The van der Waals surface area contributed by atoms with E-state index >= 15 is 0 Å². The lowest BCUT2D eigenvalue weighted by Crippen LogP contribution is -2.28. The molecule has 2 aromatic rings. The molecule has 1 fully saturated rings. The molecule has 0 radical (unpaired) electrons. The van der Waals surface area contributed by atoms with Crippen molar-refractivity contribution in [3.63, 3.8) is 0 Å². The zero-order chi connectivity index (χ0) is 14.2. The van der Waals surface area contributed by atoms with E-state index in [4.69, 9.17) is 4.74 Å². The fraction of sp³-hybridized carbons (Fsp3) is 0.353. The maximum absolute atomic E-state index is 14.3. The predicted molar refractivity (Wildman–Crippen MR) is 75.8 cm³/mol. The van der Waals surface area contributed by atoms with E-state index in [1.807, 2.05) is 24.3 Å². The number of halogens is 1. The minimum atomic E-state index is -0.659. The van der Waals surface area contributed by atoms with Crippen LogP contribution in [0.25, 0.3) is 10.8 Å². The molecule has 0 bridgehead atoms. The van der Waals surface area contributed by atoms with Crippen molar-refractivity contribution in [3.05, 3.63) is 47.8 Å². The first-order valence-electron chi connectivity index (χ1n) is 7.00. The second-order valence-corrected chi connectivity index (χ2v) is 5.44. The Kier molecular flexibility index (Phi) is 3.20. The van der Waals surface area contributed by atoms with Gasteiger partial charge in [-0.1, -0.05) is 30.3 Å². The Morgan fingerprint density at radius 3 is 2.45 bits per heavy atom. The molecule has 0 saturated heterocycles. The van der Waals surface area contributed by atoms with Gasteiger partial charge < -0.3 is 4.74 Å². The molecular weight excluding hydrogens is 255 g/mol. The molecule has 0 aromatic heterocycles.